The van der Waals surface area contributed by atoms with Crippen molar-refractivity contribution < 1.29 is 17.9 Å². The summed E-state index contributed by atoms with van der Waals surface area (Å²) in [5.74, 6) is 0. The Morgan fingerprint density at radius 1 is 1.06 bits per heavy atom. The second kappa shape index (κ2) is 7.17. The zero-order valence-corrected chi connectivity index (χ0v) is 9.46. The largest absolute Gasteiger partial charge is 0.391 e. The van der Waals surface area contributed by atoms with E-state index >= 15 is 0 Å². The minimum absolute atomic E-state index is 0.255. The highest BCUT2D eigenvalue weighted by molar-refractivity contribution is 5.42. The number of alkyl halides is 3. The van der Waals surface area contributed by atoms with E-state index in [-0.39, 0.29) is 6.61 Å². The van der Waals surface area contributed by atoms with E-state index in [0.717, 1.165) is 5.69 Å². The molecule has 0 radical (unpaired) electrons. The van der Waals surface area contributed by atoms with E-state index in [0.29, 0.717) is 19.6 Å². The lowest BCUT2D eigenvalue weighted by Gasteiger charge is -2.08. The van der Waals surface area contributed by atoms with E-state index in [1.807, 2.05) is 30.3 Å². The van der Waals surface area contributed by atoms with Crippen molar-refractivity contribution in [1.82, 2.24) is 0 Å². The lowest BCUT2D eigenvalue weighted by Crippen LogP contribution is -2.13. The number of ether oxygens (including phenoxy) is 1. The molecule has 1 aromatic rings. The van der Waals surface area contributed by atoms with Crippen LogP contribution in [0.5, 0.6) is 0 Å². The Balaban J connectivity index is 1.95. The van der Waals surface area contributed by atoms with Gasteiger partial charge in [0.2, 0.25) is 0 Å². The quantitative estimate of drug-likeness (QED) is 0.745. The van der Waals surface area contributed by atoms with Crippen LogP contribution in [0.15, 0.2) is 30.3 Å². The van der Waals surface area contributed by atoms with Gasteiger partial charge in [0.25, 0.3) is 0 Å². The lowest BCUT2D eigenvalue weighted by molar-refractivity contribution is -0.145. The zero-order chi connectivity index (χ0) is 12.6. The summed E-state index contributed by atoms with van der Waals surface area (Å²) in [6.45, 7) is 0.779. The molecule has 0 heterocycles. The topological polar surface area (TPSA) is 21.3 Å². The van der Waals surface area contributed by atoms with Crippen molar-refractivity contribution in [2.45, 2.75) is 19.0 Å². The van der Waals surface area contributed by atoms with Gasteiger partial charge in [0, 0.05) is 18.8 Å². The fourth-order valence-corrected chi connectivity index (χ4v) is 1.25. The molecule has 0 aliphatic carbocycles. The van der Waals surface area contributed by atoms with Gasteiger partial charge in [-0.2, -0.15) is 13.2 Å². The number of nitrogens with one attached hydrogen (secondary N) is 1. The molecule has 0 unspecified atom stereocenters. The number of benzene rings is 1. The summed E-state index contributed by atoms with van der Waals surface area (Å²) in [6.07, 6.45) is -4.31. The summed E-state index contributed by atoms with van der Waals surface area (Å²) in [5, 5.41) is 3.15. The van der Waals surface area contributed by atoms with Crippen molar-refractivity contribution in [2.75, 3.05) is 25.1 Å². The smallest absolute Gasteiger partial charge is 0.385 e. The molecule has 0 saturated carbocycles. The predicted molar refractivity (Wildman–Crippen MR) is 61.0 cm³/mol. The van der Waals surface area contributed by atoms with Gasteiger partial charge in [-0.15, -0.1) is 0 Å². The average molecular weight is 247 g/mol. The van der Waals surface area contributed by atoms with E-state index < -0.39 is 12.6 Å². The first-order valence-corrected chi connectivity index (χ1v) is 5.51. The number of halogens is 3. The summed E-state index contributed by atoms with van der Waals surface area (Å²) in [5.41, 5.74) is 1.00. The second-order valence-corrected chi connectivity index (χ2v) is 3.62. The van der Waals surface area contributed by atoms with Crippen molar-refractivity contribution in [3.63, 3.8) is 0 Å². The highest BCUT2D eigenvalue weighted by Crippen LogP contribution is 2.18. The van der Waals surface area contributed by atoms with Crippen LogP contribution in [0.3, 0.4) is 0 Å². The third kappa shape index (κ3) is 7.63. The van der Waals surface area contributed by atoms with Crippen LogP contribution < -0.4 is 5.32 Å². The van der Waals surface area contributed by atoms with Gasteiger partial charge >= 0.3 is 6.18 Å². The molecule has 1 rings (SSSR count). The number of para-hydroxylation sites is 1. The van der Waals surface area contributed by atoms with Gasteiger partial charge in [-0.1, -0.05) is 18.2 Å². The second-order valence-electron chi connectivity index (χ2n) is 3.62. The highest BCUT2D eigenvalue weighted by Gasteiger charge is 2.26. The first-order valence-electron chi connectivity index (χ1n) is 5.51. The molecule has 0 atom stereocenters. The highest BCUT2D eigenvalue weighted by atomic mass is 19.4. The molecule has 96 valence electrons. The molecular weight excluding hydrogens is 231 g/mol. The number of rotatable bonds is 7. The maximum Gasteiger partial charge on any atom is 0.391 e. The Kier molecular flexibility index (Phi) is 5.83. The van der Waals surface area contributed by atoms with E-state index in [1.54, 1.807) is 0 Å². The van der Waals surface area contributed by atoms with E-state index in [2.05, 4.69) is 5.32 Å². The van der Waals surface area contributed by atoms with E-state index in [1.165, 1.54) is 0 Å². The van der Waals surface area contributed by atoms with Gasteiger partial charge in [-0.05, 0) is 18.6 Å². The molecule has 5 heteroatoms. The summed E-state index contributed by atoms with van der Waals surface area (Å²) in [7, 11) is 0. The number of anilines is 1. The Hall–Kier alpha value is -1.23. The van der Waals surface area contributed by atoms with E-state index in [4.69, 9.17) is 4.74 Å². The predicted octanol–water partition coefficient (Wildman–Crippen LogP) is 3.46. The Bertz CT molecular complexity index is 300. The lowest BCUT2D eigenvalue weighted by atomic mass is 10.3. The molecular formula is C12H16F3NO. The van der Waals surface area contributed by atoms with Crippen LogP contribution in [-0.4, -0.2) is 25.9 Å². The maximum atomic E-state index is 11.8. The van der Waals surface area contributed by atoms with Crippen LogP contribution in [0.2, 0.25) is 0 Å². The molecule has 0 aromatic heterocycles. The summed E-state index contributed by atoms with van der Waals surface area (Å²) >= 11 is 0. The van der Waals surface area contributed by atoms with Gasteiger partial charge in [0.05, 0.1) is 13.0 Å². The van der Waals surface area contributed by atoms with Crippen LogP contribution >= 0.6 is 0 Å². The summed E-state index contributed by atoms with van der Waals surface area (Å²) in [6, 6.07) is 9.63. The van der Waals surface area contributed by atoms with Gasteiger partial charge < -0.3 is 10.1 Å². The van der Waals surface area contributed by atoms with Gasteiger partial charge in [-0.25, -0.2) is 0 Å². The molecule has 1 N–H and O–H groups in total. The van der Waals surface area contributed by atoms with Crippen molar-refractivity contribution in [1.29, 1.82) is 0 Å². The van der Waals surface area contributed by atoms with Crippen molar-refractivity contribution in [3.8, 4) is 0 Å². The third-order valence-electron chi connectivity index (χ3n) is 2.10. The minimum atomic E-state index is -4.12. The van der Waals surface area contributed by atoms with Crippen molar-refractivity contribution in [3.05, 3.63) is 30.3 Å². The first kappa shape index (κ1) is 13.8. The van der Waals surface area contributed by atoms with Crippen molar-refractivity contribution >= 4 is 5.69 Å². The number of hydrogen-bond acceptors (Lipinski definition) is 2. The molecule has 0 fully saturated rings. The van der Waals surface area contributed by atoms with E-state index in [9.17, 15) is 13.2 Å². The molecule has 0 amide bonds. The Morgan fingerprint density at radius 2 is 1.76 bits per heavy atom. The fourth-order valence-electron chi connectivity index (χ4n) is 1.25. The molecule has 0 spiro atoms. The summed E-state index contributed by atoms with van der Waals surface area (Å²) < 4.78 is 40.2. The third-order valence-corrected chi connectivity index (χ3v) is 2.10. The van der Waals surface area contributed by atoms with Crippen LogP contribution in [0.1, 0.15) is 12.8 Å². The summed E-state index contributed by atoms with van der Waals surface area (Å²) in [4.78, 5) is 0. The fraction of sp³-hybridized carbons (Fsp3) is 0.500. The molecule has 1 aromatic carbocycles. The van der Waals surface area contributed by atoms with Crippen LogP contribution in [-0.2, 0) is 4.74 Å². The Labute approximate surface area is 98.8 Å². The molecule has 0 saturated heterocycles. The molecule has 0 aliphatic rings. The minimum Gasteiger partial charge on any atom is -0.385 e. The molecule has 0 aliphatic heterocycles. The normalized spacial score (nSPS) is 11.5. The average Bonchev–Trinajstić information content (AvgIpc) is 2.28. The molecule has 0 bridgehead atoms. The molecule has 17 heavy (non-hydrogen) atoms. The van der Waals surface area contributed by atoms with Crippen LogP contribution in [0, 0.1) is 0 Å². The van der Waals surface area contributed by atoms with Crippen LogP contribution in [0.25, 0.3) is 0 Å². The van der Waals surface area contributed by atoms with Crippen LogP contribution in [0.4, 0.5) is 18.9 Å². The standard InChI is InChI=1S/C12H16F3NO/c13-12(14,15)7-10-17-9-4-8-16-11-5-2-1-3-6-11/h1-3,5-6,16H,4,7-10H2. The van der Waals surface area contributed by atoms with Gasteiger partial charge in [0.1, 0.15) is 0 Å². The number of hydrogen-bond donors (Lipinski definition) is 1. The zero-order valence-electron chi connectivity index (χ0n) is 9.46. The van der Waals surface area contributed by atoms with Gasteiger partial charge in [-0.3, -0.25) is 0 Å². The monoisotopic (exact) mass is 247 g/mol. The SMILES string of the molecule is FC(F)(F)CCOCCCNc1ccccc1. The first-order chi connectivity index (χ1) is 8.08. The maximum absolute atomic E-state index is 11.8. The Morgan fingerprint density at radius 3 is 2.41 bits per heavy atom. The molecule has 2 nitrogen and oxygen atoms in total. The van der Waals surface area contributed by atoms with Gasteiger partial charge in [0.15, 0.2) is 0 Å². The van der Waals surface area contributed by atoms with Crippen molar-refractivity contribution in [2.24, 2.45) is 0 Å².